The lowest BCUT2D eigenvalue weighted by atomic mass is 9.88. The van der Waals surface area contributed by atoms with Crippen LogP contribution in [0.4, 0.5) is 0 Å². The summed E-state index contributed by atoms with van der Waals surface area (Å²) < 4.78 is 1.51. The number of aromatic nitrogens is 2. The van der Waals surface area contributed by atoms with Crippen molar-refractivity contribution in [2.45, 2.75) is 18.9 Å². The van der Waals surface area contributed by atoms with Crippen molar-refractivity contribution in [3.63, 3.8) is 0 Å². The molecule has 0 spiro atoms. The molecule has 3 aromatic carbocycles. The first-order chi connectivity index (χ1) is 15.7. The number of hydrogen-bond donors (Lipinski definition) is 1. The van der Waals surface area contributed by atoms with Gasteiger partial charge in [-0.1, -0.05) is 91.0 Å². The van der Waals surface area contributed by atoms with Gasteiger partial charge in [0.15, 0.2) is 0 Å². The van der Waals surface area contributed by atoms with Gasteiger partial charge in [-0.2, -0.15) is 0 Å². The number of benzene rings is 3. The van der Waals surface area contributed by atoms with Crippen LogP contribution in [0.2, 0.25) is 0 Å². The normalized spacial score (nSPS) is 10.8. The molecule has 0 radical (unpaired) electrons. The number of nitrogens with zero attached hydrogens (tertiary/aromatic N) is 2. The SMILES string of the molecule is O=C(CC(c1ccccc1)c1ccccc1)NCCn1cnc(-c2ccccc2)cc1=O. The zero-order chi connectivity index (χ0) is 22.2. The minimum Gasteiger partial charge on any atom is -0.354 e. The lowest BCUT2D eigenvalue weighted by Crippen LogP contribution is -2.31. The zero-order valence-corrected chi connectivity index (χ0v) is 17.7. The van der Waals surface area contributed by atoms with Gasteiger partial charge in [0.25, 0.3) is 5.56 Å². The topological polar surface area (TPSA) is 64.0 Å². The van der Waals surface area contributed by atoms with Gasteiger partial charge < -0.3 is 5.32 Å². The third kappa shape index (κ3) is 5.38. The fourth-order valence-electron chi connectivity index (χ4n) is 3.73. The Labute approximate surface area is 187 Å². The highest BCUT2D eigenvalue weighted by atomic mass is 16.1. The number of hydrogen-bond acceptors (Lipinski definition) is 3. The molecule has 0 aliphatic rings. The summed E-state index contributed by atoms with van der Waals surface area (Å²) in [5.74, 6) is -0.0726. The van der Waals surface area contributed by atoms with Crippen molar-refractivity contribution in [2.75, 3.05) is 6.54 Å². The third-order valence-corrected chi connectivity index (χ3v) is 5.42. The Bertz CT molecular complexity index is 1170. The number of carbonyl (C=O) groups is 1. The minimum atomic E-state index is -0.139. The smallest absolute Gasteiger partial charge is 0.253 e. The summed E-state index contributed by atoms with van der Waals surface area (Å²) in [5, 5.41) is 2.95. The molecule has 5 heteroatoms. The first-order valence-corrected chi connectivity index (χ1v) is 10.7. The van der Waals surface area contributed by atoms with Gasteiger partial charge in [-0.15, -0.1) is 0 Å². The van der Waals surface area contributed by atoms with E-state index in [0.717, 1.165) is 16.7 Å². The first-order valence-electron chi connectivity index (χ1n) is 10.7. The molecule has 4 aromatic rings. The number of rotatable bonds is 8. The van der Waals surface area contributed by atoms with Crippen molar-refractivity contribution in [1.82, 2.24) is 14.9 Å². The van der Waals surface area contributed by atoms with E-state index in [9.17, 15) is 9.59 Å². The molecule has 0 aliphatic carbocycles. The van der Waals surface area contributed by atoms with Crippen LogP contribution in [0.15, 0.2) is 108 Å². The first kappa shape index (κ1) is 21.2. The largest absolute Gasteiger partial charge is 0.354 e. The summed E-state index contributed by atoms with van der Waals surface area (Å²) in [7, 11) is 0. The monoisotopic (exact) mass is 423 g/mol. The van der Waals surface area contributed by atoms with Gasteiger partial charge in [0, 0.05) is 37.1 Å². The standard InChI is InChI=1S/C27H25N3O2/c31-26(18-24(21-10-4-1-5-11-21)22-12-6-2-7-13-22)28-16-17-30-20-29-25(19-27(30)32)23-14-8-3-9-15-23/h1-15,19-20,24H,16-18H2,(H,28,31). The third-order valence-electron chi connectivity index (χ3n) is 5.42. The Morgan fingerprint density at radius 1 is 0.844 bits per heavy atom. The van der Waals surface area contributed by atoms with Gasteiger partial charge >= 0.3 is 0 Å². The minimum absolute atomic E-state index is 0.0213. The highest BCUT2D eigenvalue weighted by Gasteiger charge is 2.17. The predicted molar refractivity (Wildman–Crippen MR) is 126 cm³/mol. The number of carbonyl (C=O) groups excluding carboxylic acids is 1. The molecule has 0 aliphatic heterocycles. The second-order valence-corrected chi connectivity index (χ2v) is 7.60. The van der Waals surface area contributed by atoms with E-state index in [1.54, 1.807) is 0 Å². The Morgan fingerprint density at radius 2 is 1.41 bits per heavy atom. The van der Waals surface area contributed by atoms with E-state index in [2.05, 4.69) is 10.3 Å². The Kier molecular flexibility index (Phi) is 6.88. The van der Waals surface area contributed by atoms with Gasteiger partial charge in [-0.05, 0) is 11.1 Å². The van der Waals surface area contributed by atoms with Crippen LogP contribution in [0.1, 0.15) is 23.5 Å². The van der Waals surface area contributed by atoms with Crippen LogP contribution in [-0.2, 0) is 11.3 Å². The van der Waals surface area contributed by atoms with Crippen LogP contribution in [0.25, 0.3) is 11.3 Å². The Balaban J connectivity index is 1.37. The zero-order valence-electron chi connectivity index (χ0n) is 17.7. The lowest BCUT2D eigenvalue weighted by Gasteiger charge is -2.18. The Hall–Kier alpha value is -3.99. The molecule has 1 amide bonds. The second kappa shape index (κ2) is 10.4. The second-order valence-electron chi connectivity index (χ2n) is 7.60. The fraction of sp³-hybridized carbons (Fsp3) is 0.148. The van der Waals surface area contributed by atoms with Crippen molar-refractivity contribution >= 4 is 5.91 Å². The maximum Gasteiger partial charge on any atom is 0.253 e. The van der Waals surface area contributed by atoms with Crippen molar-refractivity contribution in [2.24, 2.45) is 0 Å². The van der Waals surface area contributed by atoms with E-state index in [4.69, 9.17) is 0 Å². The van der Waals surface area contributed by atoms with Crippen molar-refractivity contribution < 1.29 is 4.79 Å². The molecule has 0 saturated heterocycles. The molecule has 0 fully saturated rings. The molecule has 0 unspecified atom stereocenters. The van der Waals surface area contributed by atoms with Gasteiger partial charge in [0.1, 0.15) is 0 Å². The van der Waals surface area contributed by atoms with Gasteiger partial charge in [-0.3, -0.25) is 14.2 Å². The molecule has 1 aromatic heterocycles. The van der Waals surface area contributed by atoms with Crippen LogP contribution >= 0.6 is 0 Å². The summed E-state index contributed by atoms with van der Waals surface area (Å²) >= 11 is 0. The van der Waals surface area contributed by atoms with Crippen LogP contribution in [0, 0.1) is 0 Å². The summed E-state index contributed by atoms with van der Waals surface area (Å²) in [6.45, 7) is 0.732. The summed E-state index contributed by atoms with van der Waals surface area (Å²) in [4.78, 5) is 29.5. The van der Waals surface area contributed by atoms with Crippen LogP contribution < -0.4 is 10.9 Å². The maximum atomic E-state index is 12.7. The molecule has 0 atom stereocenters. The molecule has 4 rings (SSSR count). The highest BCUT2D eigenvalue weighted by Crippen LogP contribution is 2.27. The molecule has 1 N–H and O–H groups in total. The summed E-state index contributed by atoms with van der Waals surface area (Å²) in [6.07, 6.45) is 1.88. The fourth-order valence-corrected chi connectivity index (χ4v) is 3.73. The van der Waals surface area contributed by atoms with Crippen LogP contribution in [0.3, 0.4) is 0 Å². The summed E-state index contributed by atoms with van der Waals surface area (Å²) in [5.41, 5.74) is 3.61. The van der Waals surface area contributed by atoms with E-state index >= 15 is 0 Å². The quantitative estimate of drug-likeness (QED) is 0.461. The molecule has 0 saturated carbocycles. The molecular formula is C27H25N3O2. The van der Waals surface area contributed by atoms with E-state index in [1.807, 2.05) is 91.0 Å². The van der Waals surface area contributed by atoms with E-state index in [-0.39, 0.29) is 17.4 Å². The maximum absolute atomic E-state index is 12.7. The van der Waals surface area contributed by atoms with E-state index in [1.165, 1.54) is 17.0 Å². The Morgan fingerprint density at radius 3 is 1.97 bits per heavy atom. The molecule has 160 valence electrons. The average Bonchev–Trinajstić information content (AvgIpc) is 2.85. The molecule has 5 nitrogen and oxygen atoms in total. The van der Waals surface area contributed by atoms with Gasteiger partial charge in [-0.25, -0.2) is 4.98 Å². The molecule has 0 bridgehead atoms. The van der Waals surface area contributed by atoms with Gasteiger partial charge in [0.05, 0.1) is 12.0 Å². The van der Waals surface area contributed by atoms with E-state index < -0.39 is 0 Å². The molecule has 1 heterocycles. The summed E-state index contributed by atoms with van der Waals surface area (Å²) in [6, 6.07) is 31.2. The van der Waals surface area contributed by atoms with Crippen molar-refractivity contribution in [3.05, 3.63) is 125 Å². The van der Waals surface area contributed by atoms with Gasteiger partial charge in [0.2, 0.25) is 5.91 Å². The average molecular weight is 424 g/mol. The molecular weight excluding hydrogens is 398 g/mol. The number of amides is 1. The van der Waals surface area contributed by atoms with Crippen molar-refractivity contribution in [3.8, 4) is 11.3 Å². The number of nitrogens with one attached hydrogen (secondary N) is 1. The van der Waals surface area contributed by atoms with Crippen LogP contribution in [-0.4, -0.2) is 22.0 Å². The van der Waals surface area contributed by atoms with Crippen molar-refractivity contribution in [1.29, 1.82) is 0 Å². The molecule has 32 heavy (non-hydrogen) atoms. The lowest BCUT2D eigenvalue weighted by molar-refractivity contribution is -0.121. The highest BCUT2D eigenvalue weighted by molar-refractivity contribution is 5.77. The van der Waals surface area contributed by atoms with E-state index in [0.29, 0.717) is 25.2 Å². The predicted octanol–water partition coefficient (Wildman–Crippen LogP) is 4.25. The van der Waals surface area contributed by atoms with Crippen LogP contribution in [0.5, 0.6) is 0 Å².